The molecule has 1 fully saturated rings. The minimum atomic E-state index is -0.118. The highest BCUT2D eigenvalue weighted by Gasteiger charge is 2.17. The van der Waals surface area contributed by atoms with E-state index in [1.54, 1.807) is 17.2 Å². The number of morpholine rings is 1. The zero-order chi connectivity index (χ0) is 13.8. The van der Waals surface area contributed by atoms with Gasteiger partial charge in [-0.05, 0) is 17.5 Å². The molecule has 1 aromatic rings. The fourth-order valence-corrected chi connectivity index (χ4v) is 2.07. The zero-order valence-electron chi connectivity index (χ0n) is 11.5. The smallest absolute Gasteiger partial charge is 0.251 e. The summed E-state index contributed by atoms with van der Waals surface area (Å²) in [7, 11) is 0. The van der Waals surface area contributed by atoms with E-state index >= 15 is 0 Å². The first-order chi connectivity index (χ1) is 9.08. The lowest BCUT2D eigenvalue weighted by Gasteiger charge is -2.27. The van der Waals surface area contributed by atoms with E-state index in [9.17, 15) is 9.59 Å². The third kappa shape index (κ3) is 3.44. The number of nitrogens with zero attached hydrogens (tertiary/aromatic N) is 2. The van der Waals surface area contributed by atoms with Gasteiger partial charge in [0.05, 0.1) is 13.2 Å². The van der Waals surface area contributed by atoms with E-state index in [4.69, 9.17) is 4.74 Å². The Bertz CT molecular complexity index is 502. The Morgan fingerprint density at radius 1 is 1.37 bits per heavy atom. The van der Waals surface area contributed by atoms with Crippen molar-refractivity contribution in [2.24, 2.45) is 0 Å². The number of hydrogen-bond acceptors (Lipinski definition) is 3. The Labute approximate surface area is 112 Å². The molecule has 5 nitrogen and oxygen atoms in total. The van der Waals surface area contributed by atoms with Crippen LogP contribution >= 0.6 is 0 Å². The number of rotatable bonds is 3. The Balaban J connectivity index is 2.06. The van der Waals surface area contributed by atoms with Crippen molar-refractivity contribution in [2.45, 2.75) is 26.3 Å². The summed E-state index contributed by atoms with van der Waals surface area (Å²) < 4.78 is 6.67. The molecular formula is C14H20N2O3. The fourth-order valence-electron chi connectivity index (χ4n) is 2.07. The van der Waals surface area contributed by atoms with Crippen LogP contribution in [0.5, 0.6) is 0 Å². The molecule has 0 spiro atoms. The molecule has 0 saturated carbocycles. The van der Waals surface area contributed by atoms with Crippen LogP contribution < -0.4 is 5.56 Å². The van der Waals surface area contributed by atoms with Gasteiger partial charge in [0.15, 0.2) is 0 Å². The largest absolute Gasteiger partial charge is 0.378 e. The van der Waals surface area contributed by atoms with Crippen molar-refractivity contribution in [2.75, 3.05) is 26.3 Å². The summed E-state index contributed by atoms with van der Waals surface area (Å²) in [6, 6.07) is 3.51. The van der Waals surface area contributed by atoms with Crippen LogP contribution in [-0.2, 0) is 16.1 Å². The summed E-state index contributed by atoms with van der Waals surface area (Å²) >= 11 is 0. The van der Waals surface area contributed by atoms with Gasteiger partial charge in [0.2, 0.25) is 5.91 Å². The van der Waals surface area contributed by atoms with E-state index in [1.165, 1.54) is 4.57 Å². The highest BCUT2D eigenvalue weighted by Crippen LogP contribution is 2.10. The molecular weight excluding hydrogens is 244 g/mol. The number of amides is 1. The molecule has 2 heterocycles. The third-order valence-electron chi connectivity index (χ3n) is 3.36. The van der Waals surface area contributed by atoms with Crippen LogP contribution in [0.15, 0.2) is 23.1 Å². The maximum Gasteiger partial charge on any atom is 0.251 e. The molecule has 0 atom stereocenters. The number of ether oxygens (including phenoxy) is 1. The molecule has 0 aromatic carbocycles. The van der Waals surface area contributed by atoms with Gasteiger partial charge in [-0.25, -0.2) is 0 Å². The lowest BCUT2D eigenvalue weighted by molar-refractivity contribution is -0.135. The lowest BCUT2D eigenvalue weighted by atomic mass is 10.1. The van der Waals surface area contributed by atoms with Crippen molar-refractivity contribution in [3.8, 4) is 0 Å². The Hall–Kier alpha value is -1.62. The van der Waals surface area contributed by atoms with E-state index in [-0.39, 0.29) is 18.0 Å². The van der Waals surface area contributed by atoms with Crippen molar-refractivity contribution >= 4 is 5.91 Å². The van der Waals surface area contributed by atoms with Gasteiger partial charge >= 0.3 is 0 Å². The van der Waals surface area contributed by atoms with Crippen LogP contribution in [0.25, 0.3) is 0 Å². The molecule has 2 rings (SSSR count). The predicted octanol–water partition coefficient (Wildman–Crippen LogP) is 0.831. The molecule has 19 heavy (non-hydrogen) atoms. The number of hydrogen-bond donors (Lipinski definition) is 0. The van der Waals surface area contributed by atoms with E-state index in [0.29, 0.717) is 32.2 Å². The summed E-state index contributed by atoms with van der Waals surface area (Å²) in [5.41, 5.74) is 0.882. The third-order valence-corrected chi connectivity index (χ3v) is 3.36. The quantitative estimate of drug-likeness (QED) is 0.812. The number of aromatic nitrogens is 1. The molecule has 1 amide bonds. The van der Waals surface area contributed by atoms with E-state index in [0.717, 1.165) is 5.56 Å². The standard InChI is InChI=1S/C14H20N2O3/c1-11(2)12-3-4-16(13(17)9-12)10-14(18)15-5-7-19-8-6-15/h3-4,9,11H,5-8,10H2,1-2H3. The van der Waals surface area contributed by atoms with Crippen molar-refractivity contribution < 1.29 is 9.53 Å². The normalized spacial score (nSPS) is 15.8. The van der Waals surface area contributed by atoms with Crippen LogP contribution in [-0.4, -0.2) is 41.7 Å². The summed E-state index contributed by atoms with van der Waals surface area (Å²) in [6.07, 6.45) is 1.70. The molecule has 0 radical (unpaired) electrons. The monoisotopic (exact) mass is 264 g/mol. The van der Waals surface area contributed by atoms with Crippen LogP contribution in [0.2, 0.25) is 0 Å². The highest BCUT2D eigenvalue weighted by molar-refractivity contribution is 5.76. The topological polar surface area (TPSA) is 51.5 Å². The Kier molecular flexibility index (Phi) is 4.37. The average Bonchev–Trinajstić information content (AvgIpc) is 2.41. The minimum absolute atomic E-state index is 0.0253. The number of pyridine rings is 1. The van der Waals surface area contributed by atoms with Crippen molar-refractivity contribution in [3.05, 3.63) is 34.2 Å². The van der Waals surface area contributed by atoms with E-state index in [1.807, 2.05) is 19.9 Å². The molecule has 0 bridgehead atoms. The van der Waals surface area contributed by atoms with Gasteiger partial charge in [-0.1, -0.05) is 13.8 Å². The summed E-state index contributed by atoms with van der Waals surface area (Å²) in [5.74, 6) is 0.292. The molecule has 104 valence electrons. The fraction of sp³-hybridized carbons (Fsp3) is 0.571. The maximum atomic E-state index is 12.0. The van der Waals surface area contributed by atoms with Gasteiger partial charge in [-0.15, -0.1) is 0 Å². The second-order valence-corrected chi connectivity index (χ2v) is 5.07. The van der Waals surface area contributed by atoms with Crippen LogP contribution in [0, 0.1) is 0 Å². The lowest BCUT2D eigenvalue weighted by Crippen LogP contribution is -2.43. The molecule has 1 aliphatic heterocycles. The van der Waals surface area contributed by atoms with E-state index in [2.05, 4.69) is 0 Å². The molecule has 1 aliphatic rings. The Morgan fingerprint density at radius 3 is 2.63 bits per heavy atom. The van der Waals surface area contributed by atoms with Gasteiger partial charge in [0.25, 0.3) is 5.56 Å². The van der Waals surface area contributed by atoms with Crippen molar-refractivity contribution in [1.29, 1.82) is 0 Å². The van der Waals surface area contributed by atoms with Crippen LogP contribution in [0.4, 0.5) is 0 Å². The first-order valence-corrected chi connectivity index (χ1v) is 6.64. The average molecular weight is 264 g/mol. The van der Waals surface area contributed by atoms with Gasteiger partial charge in [-0.2, -0.15) is 0 Å². The molecule has 0 unspecified atom stereocenters. The maximum absolute atomic E-state index is 12.0. The molecule has 1 saturated heterocycles. The van der Waals surface area contributed by atoms with Crippen molar-refractivity contribution in [1.82, 2.24) is 9.47 Å². The first kappa shape index (κ1) is 13.8. The minimum Gasteiger partial charge on any atom is -0.378 e. The number of carbonyl (C=O) groups is 1. The van der Waals surface area contributed by atoms with Crippen molar-refractivity contribution in [3.63, 3.8) is 0 Å². The second-order valence-electron chi connectivity index (χ2n) is 5.07. The summed E-state index contributed by atoms with van der Waals surface area (Å²) in [5, 5.41) is 0. The highest BCUT2D eigenvalue weighted by atomic mass is 16.5. The van der Waals surface area contributed by atoms with Crippen LogP contribution in [0.3, 0.4) is 0 Å². The molecule has 1 aromatic heterocycles. The molecule has 5 heteroatoms. The number of carbonyl (C=O) groups excluding carboxylic acids is 1. The Morgan fingerprint density at radius 2 is 2.05 bits per heavy atom. The predicted molar refractivity (Wildman–Crippen MR) is 72.2 cm³/mol. The second kappa shape index (κ2) is 6.02. The van der Waals surface area contributed by atoms with Gasteiger partial charge in [0.1, 0.15) is 6.54 Å². The van der Waals surface area contributed by atoms with Gasteiger partial charge < -0.3 is 14.2 Å². The van der Waals surface area contributed by atoms with Crippen LogP contribution in [0.1, 0.15) is 25.3 Å². The SMILES string of the molecule is CC(C)c1ccn(CC(=O)N2CCOCC2)c(=O)c1. The first-order valence-electron chi connectivity index (χ1n) is 6.64. The zero-order valence-corrected chi connectivity index (χ0v) is 11.5. The van der Waals surface area contributed by atoms with Gasteiger partial charge in [0, 0.05) is 25.4 Å². The van der Waals surface area contributed by atoms with E-state index < -0.39 is 0 Å². The summed E-state index contributed by atoms with van der Waals surface area (Å²) in [6.45, 7) is 6.56. The summed E-state index contributed by atoms with van der Waals surface area (Å²) in [4.78, 5) is 25.7. The van der Waals surface area contributed by atoms with Gasteiger partial charge in [-0.3, -0.25) is 9.59 Å². The molecule has 0 aliphatic carbocycles. The molecule has 0 N–H and O–H groups in total.